The second-order valence-electron chi connectivity index (χ2n) is 3.71. The molecular weight excluding hydrogens is 230 g/mol. The zero-order valence-corrected chi connectivity index (χ0v) is 10.5. The Labute approximate surface area is 105 Å². The van der Waals surface area contributed by atoms with Crippen LogP contribution >= 0.6 is 11.3 Å². The van der Waals surface area contributed by atoms with Crippen molar-refractivity contribution in [1.29, 1.82) is 5.26 Å². The van der Waals surface area contributed by atoms with Crippen molar-refractivity contribution in [3.05, 3.63) is 35.1 Å². The second-order valence-corrected chi connectivity index (χ2v) is 4.79. The van der Waals surface area contributed by atoms with Crippen LogP contribution in [0.4, 0.5) is 0 Å². The molecule has 0 aromatic carbocycles. The normalized spacial score (nSPS) is 10.1. The zero-order valence-electron chi connectivity index (χ0n) is 9.68. The summed E-state index contributed by atoms with van der Waals surface area (Å²) in [6.07, 6.45) is 5.98. The lowest BCUT2D eigenvalue weighted by Crippen LogP contribution is -1.89. The van der Waals surface area contributed by atoms with Crippen LogP contribution in [0.1, 0.15) is 23.9 Å². The van der Waals surface area contributed by atoms with Gasteiger partial charge in [0.25, 0.3) is 0 Å². The molecule has 17 heavy (non-hydrogen) atoms. The van der Waals surface area contributed by atoms with E-state index in [2.05, 4.69) is 23.0 Å². The first-order valence-electron chi connectivity index (χ1n) is 5.61. The molecule has 0 bridgehead atoms. The number of nitriles is 1. The number of thiazole rings is 1. The van der Waals surface area contributed by atoms with Crippen molar-refractivity contribution >= 4 is 11.3 Å². The van der Waals surface area contributed by atoms with Gasteiger partial charge in [-0.15, -0.1) is 11.3 Å². The fourth-order valence-corrected chi connectivity index (χ4v) is 2.69. The maximum Gasteiger partial charge on any atom is 0.124 e. The highest BCUT2D eigenvalue weighted by Gasteiger charge is 2.11. The molecule has 2 aromatic heterocycles. The summed E-state index contributed by atoms with van der Waals surface area (Å²) in [5.74, 6) is 0. The van der Waals surface area contributed by atoms with Crippen LogP contribution in [-0.4, -0.2) is 9.97 Å². The number of aromatic nitrogens is 2. The monoisotopic (exact) mass is 243 g/mol. The van der Waals surface area contributed by atoms with E-state index in [1.54, 1.807) is 23.7 Å². The third kappa shape index (κ3) is 2.69. The molecule has 3 nitrogen and oxygen atoms in total. The molecule has 0 amide bonds. The van der Waals surface area contributed by atoms with Crippen LogP contribution in [0.3, 0.4) is 0 Å². The summed E-state index contributed by atoms with van der Waals surface area (Å²) in [6.45, 7) is 2.13. The minimum absolute atomic E-state index is 0.456. The van der Waals surface area contributed by atoms with Crippen LogP contribution in [0.25, 0.3) is 10.6 Å². The molecule has 0 saturated heterocycles. The molecular formula is C13H13N3S. The molecule has 2 heterocycles. The number of aryl methyl sites for hydroxylation is 1. The minimum atomic E-state index is 0.456. The van der Waals surface area contributed by atoms with Crippen LogP contribution < -0.4 is 0 Å². The van der Waals surface area contributed by atoms with Gasteiger partial charge in [0.05, 0.1) is 18.2 Å². The Balaban J connectivity index is 2.37. The summed E-state index contributed by atoms with van der Waals surface area (Å²) in [7, 11) is 0. The maximum atomic E-state index is 8.81. The van der Waals surface area contributed by atoms with Crippen molar-refractivity contribution in [2.24, 2.45) is 0 Å². The molecule has 0 unspecified atom stereocenters. The SMILES string of the molecule is CCCc1nc(-c2ccncc2)sc1CC#N. The van der Waals surface area contributed by atoms with Gasteiger partial charge in [0.2, 0.25) is 0 Å². The predicted molar refractivity (Wildman–Crippen MR) is 68.7 cm³/mol. The molecule has 0 saturated carbocycles. The van der Waals surface area contributed by atoms with E-state index >= 15 is 0 Å². The molecule has 0 aliphatic rings. The molecule has 0 aliphatic heterocycles. The number of pyridine rings is 1. The summed E-state index contributed by atoms with van der Waals surface area (Å²) in [5, 5.41) is 9.80. The maximum absolute atomic E-state index is 8.81. The highest BCUT2D eigenvalue weighted by Crippen LogP contribution is 2.28. The summed E-state index contributed by atoms with van der Waals surface area (Å²) < 4.78 is 0. The van der Waals surface area contributed by atoms with Crippen LogP contribution in [0, 0.1) is 11.3 Å². The van der Waals surface area contributed by atoms with Gasteiger partial charge in [-0.05, 0) is 18.6 Å². The molecule has 0 aliphatic carbocycles. The van der Waals surface area contributed by atoms with Crippen molar-refractivity contribution in [1.82, 2.24) is 9.97 Å². The molecule has 0 atom stereocenters. The predicted octanol–water partition coefficient (Wildman–Crippen LogP) is 3.22. The van der Waals surface area contributed by atoms with Crippen LogP contribution in [0.15, 0.2) is 24.5 Å². The first-order chi connectivity index (χ1) is 8.35. The van der Waals surface area contributed by atoms with Gasteiger partial charge in [-0.1, -0.05) is 13.3 Å². The van der Waals surface area contributed by atoms with E-state index < -0.39 is 0 Å². The largest absolute Gasteiger partial charge is 0.265 e. The smallest absolute Gasteiger partial charge is 0.124 e. The summed E-state index contributed by atoms with van der Waals surface area (Å²) in [6, 6.07) is 6.10. The number of hydrogen-bond acceptors (Lipinski definition) is 4. The number of rotatable bonds is 4. The molecule has 0 spiro atoms. The Hall–Kier alpha value is -1.73. The number of hydrogen-bond donors (Lipinski definition) is 0. The van der Waals surface area contributed by atoms with Crippen molar-refractivity contribution in [2.75, 3.05) is 0 Å². The van der Waals surface area contributed by atoms with Gasteiger partial charge in [0.1, 0.15) is 5.01 Å². The average Bonchev–Trinajstić information content (AvgIpc) is 2.75. The Morgan fingerprint density at radius 1 is 1.35 bits per heavy atom. The van der Waals surface area contributed by atoms with Gasteiger partial charge in [0, 0.05) is 22.8 Å². The van der Waals surface area contributed by atoms with Gasteiger partial charge in [-0.2, -0.15) is 5.26 Å². The van der Waals surface area contributed by atoms with Crippen molar-refractivity contribution in [3.63, 3.8) is 0 Å². The molecule has 4 heteroatoms. The topological polar surface area (TPSA) is 49.6 Å². The first-order valence-corrected chi connectivity index (χ1v) is 6.42. The summed E-state index contributed by atoms with van der Waals surface area (Å²) >= 11 is 1.62. The van der Waals surface area contributed by atoms with Crippen LogP contribution in [-0.2, 0) is 12.8 Å². The van der Waals surface area contributed by atoms with E-state index in [1.807, 2.05) is 12.1 Å². The van der Waals surface area contributed by atoms with E-state index in [-0.39, 0.29) is 0 Å². The molecule has 0 N–H and O–H groups in total. The third-order valence-corrected chi connectivity index (χ3v) is 3.58. The fourth-order valence-electron chi connectivity index (χ4n) is 1.64. The lowest BCUT2D eigenvalue weighted by atomic mass is 10.2. The van der Waals surface area contributed by atoms with E-state index in [9.17, 15) is 0 Å². The van der Waals surface area contributed by atoms with Gasteiger partial charge in [0.15, 0.2) is 0 Å². The van der Waals surface area contributed by atoms with Crippen LogP contribution in [0.2, 0.25) is 0 Å². The summed E-state index contributed by atoms with van der Waals surface area (Å²) in [5.41, 5.74) is 2.15. The molecule has 2 aromatic rings. The second kappa shape index (κ2) is 5.55. The molecule has 2 rings (SSSR count). The Bertz CT molecular complexity index is 525. The van der Waals surface area contributed by atoms with Gasteiger partial charge in [-0.3, -0.25) is 4.98 Å². The quantitative estimate of drug-likeness (QED) is 0.828. The van der Waals surface area contributed by atoms with E-state index in [4.69, 9.17) is 5.26 Å². The molecule has 0 fully saturated rings. The van der Waals surface area contributed by atoms with Crippen molar-refractivity contribution < 1.29 is 0 Å². The number of nitrogens with zero attached hydrogens (tertiary/aromatic N) is 3. The summed E-state index contributed by atoms with van der Waals surface area (Å²) in [4.78, 5) is 9.72. The van der Waals surface area contributed by atoms with Gasteiger partial charge < -0.3 is 0 Å². The third-order valence-electron chi connectivity index (χ3n) is 2.43. The van der Waals surface area contributed by atoms with Gasteiger partial charge >= 0.3 is 0 Å². The molecule has 0 radical (unpaired) electrons. The first kappa shape index (κ1) is 11.7. The average molecular weight is 243 g/mol. The van der Waals surface area contributed by atoms with E-state index in [0.717, 1.165) is 34.0 Å². The lowest BCUT2D eigenvalue weighted by molar-refractivity contribution is 0.881. The van der Waals surface area contributed by atoms with Crippen molar-refractivity contribution in [3.8, 4) is 16.6 Å². The Morgan fingerprint density at radius 3 is 2.76 bits per heavy atom. The standard InChI is InChI=1S/C13H13N3S/c1-2-3-11-12(4-7-14)17-13(16-11)10-5-8-15-9-6-10/h5-6,8-9H,2-4H2,1H3. The van der Waals surface area contributed by atoms with E-state index in [1.165, 1.54) is 0 Å². The van der Waals surface area contributed by atoms with Gasteiger partial charge in [-0.25, -0.2) is 4.98 Å². The Morgan fingerprint density at radius 2 is 2.12 bits per heavy atom. The Kier molecular flexibility index (Phi) is 3.84. The fraction of sp³-hybridized carbons (Fsp3) is 0.308. The van der Waals surface area contributed by atoms with Crippen molar-refractivity contribution in [2.45, 2.75) is 26.2 Å². The highest BCUT2D eigenvalue weighted by atomic mass is 32.1. The molecule has 86 valence electrons. The zero-order chi connectivity index (χ0) is 12.1. The highest BCUT2D eigenvalue weighted by molar-refractivity contribution is 7.15. The lowest BCUT2D eigenvalue weighted by Gasteiger charge is -1.94. The van der Waals surface area contributed by atoms with Crippen LogP contribution in [0.5, 0.6) is 0 Å². The van der Waals surface area contributed by atoms with E-state index in [0.29, 0.717) is 6.42 Å². The minimum Gasteiger partial charge on any atom is -0.265 e.